The molecule has 0 aliphatic carbocycles. The molecule has 0 bridgehead atoms. The molecular formula is C10H17N5O4S. The monoisotopic (exact) mass is 303 g/mol. The zero-order chi connectivity index (χ0) is 14.8. The number of hydrogen-bond donors (Lipinski definition) is 3. The first-order valence-corrected chi connectivity index (χ1v) is 7.58. The molecule has 1 atom stereocenters. The second-order valence-electron chi connectivity index (χ2n) is 4.43. The Morgan fingerprint density at radius 3 is 2.75 bits per heavy atom. The molecule has 1 aromatic heterocycles. The van der Waals surface area contributed by atoms with Crippen molar-refractivity contribution in [1.82, 2.24) is 19.8 Å². The maximum Gasteiger partial charge on any atom is 0.246 e. The molecule has 9 nitrogen and oxygen atoms in total. The summed E-state index contributed by atoms with van der Waals surface area (Å²) in [6.07, 6.45) is 1.10. The average Bonchev–Trinajstić information content (AvgIpc) is 2.85. The van der Waals surface area contributed by atoms with Crippen molar-refractivity contribution in [1.29, 1.82) is 0 Å². The number of aromatic nitrogens is 2. The Bertz CT molecular complexity index is 578. The number of nitrogens with one attached hydrogen (secondary N) is 2. The summed E-state index contributed by atoms with van der Waals surface area (Å²) in [4.78, 5) is 13.5. The number of sulfonamides is 1. The van der Waals surface area contributed by atoms with Crippen molar-refractivity contribution in [2.75, 3.05) is 32.0 Å². The number of amides is 1. The molecule has 10 heteroatoms. The second-order valence-corrected chi connectivity index (χ2v) is 6.11. The lowest BCUT2D eigenvalue weighted by atomic mass is 10.3. The number of hydrogen-bond acceptors (Lipinski definition) is 6. The Labute approximate surface area is 116 Å². The van der Waals surface area contributed by atoms with Gasteiger partial charge in [0.05, 0.1) is 25.5 Å². The molecule has 1 fully saturated rings. The molecular weight excluding hydrogens is 286 g/mol. The fourth-order valence-electron chi connectivity index (χ4n) is 1.90. The van der Waals surface area contributed by atoms with E-state index in [1.807, 2.05) is 0 Å². The highest BCUT2D eigenvalue weighted by Crippen LogP contribution is 2.14. The van der Waals surface area contributed by atoms with Gasteiger partial charge in [-0.2, -0.15) is 9.82 Å². The molecule has 1 amide bonds. The molecule has 1 unspecified atom stereocenters. The lowest BCUT2D eigenvalue weighted by Gasteiger charge is -2.29. The smallest absolute Gasteiger partial charge is 0.246 e. The molecule has 1 aliphatic rings. The predicted molar refractivity (Wildman–Crippen MR) is 70.2 cm³/mol. The first kappa shape index (κ1) is 14.8. The maximum atomic E-state index is 12.1. The van der Waals surface area contributed by atoms with E-state index in [0.717, 1.165) is 6.20 Å². The van der Waals surface area contributed by atoms with Gasteiger partial charge in [-0.3, -0.25) is 9.89 Å². The van der Waals surface area contributed by atoms with E-state index in [0.29, 0.717) is 26.3 Å². The molecule has 4 N–H and O–H groups in total. The topological polar surface area (TPSA) is 130 Å². The van der Waals surface area contributed by atoms with E-state index in [9.17, 15) is 13.2 Å². The Morgan fingerprint density at radius 2 is 2.20 bits per heavy atom. The van der Waals surface area contributed by atoms with E-state index in [-0.39, 0.29) is 16.6 Å². The zero-order valence-corrected chi connectivity index (χ0v) is 11.8. The van der Waals surface area contributed by atoms with Crippen molar-refractivity contribution in [3.8, 4) is 0 Å². The molecule has 1 saturated heterocycles. The summed E-state index contributed by atoms with van der Waals surface area (Å²) in [5.74, 6) is -0.359. The molecule has 2 heterocycles. The van der Waals surface area contributed by atoms with Gasteiger partial charge in [0.25, 0.3) is 0 Å². The quantitative estimate of drug-likeness (QED) is 0.621. The Kier molecular flexibility index (Phi) is 4.26. The molecule has 112 valence electrons. The summed E-state index contributed by atoms with van der Waals surface area (Å²) >= 11 is 0. The summed E-state index contributed by atoms with van der Waals surface area (Å²) < 4.78 is 31.6. The van der Waals surface area contributed by atoms with Crippen molar-refractivity contribution in [3.63, 3.8) is 0 Å². The molecule has 0 spiro atoms. The fourth-order valence-corrected chi connectivity index (χ4v) is 3.12. The third-order valence-corrected chi connectivity index (χ3v) is 4.52. The summed E-state index contributed by atoms with van der Waals surface area (Å²) in [5, 5.41) is 5.89. The highest BCUT2D eigenvalue weighted by atomic mass is 32.2. The van der Waals surface area contributed by atoms with Gasteiger partial charge in [-0.1, -0.05) is 0 Å². The molecule has 0 radical (unpaired) electrons. The normalized spacial score (nSPS) is 17.9. The highest BCUT2D eigenvalue weighted by Gasteiger charge is 2.28. The van der Waals surface area contributed by atoms with Crippen LogP contribution in [0.1, 0.15) is 6.92 Å². The molecule has 1 aromatic rings. The molecule has 20 heavy (non-hydrogen) atoms. The number of nitrogens with zero attached hydrogens (tertiary/aromatic N) is 2. The maximum absolute atomic E-state index is 12.1. The number of H-pyrrole nitrogens is 1. The van der Waals surface area contributed by atoms with Crippen molar-refractivity contribution in [2.24, 2.45) is 0 Å². The van der Waals surface area contributed by atoms with Gasteiger partial charge in [-0.15, -0.1) is 0 Å². The minimum atomic E-state index is -3.88. The minimum absolute atomic E-state index is 0.0662. The van der Waals surface area contributed by atoms with Gasteiger partial charge in [0.15, 0.2) is 0 Å². The van der Waals surface area contributed by atoms with Crippen molar-refractivity contribution < 1.29 is 17.9 Å². The van der Waals surface area contributed by atoms with Gasteiger partial charge < -0.3 is 15.4 Å². The predicted octanol–water partition coefficient (Wildman–Crippen LogP) is -1.48. The van der Waals surface area contributed by atoms with Crippen LogP contribution in [0.2, 0.25) is 0 Å². The summed E-state index contributed by atoms with van der Waals surface area (Å²) in [7, 11) is -3.88. The van der Waals surface area contributed by atoms with E-state index in [1.54, 1.807) is 4.90 Å². The number of morpholine rings is 1. The Hall–Kier alpha value is -1.65. The number of rotatable bonds is 4. The lowest BCUT2D eigenvalue weighted by Crippen LogP contribution is -2.50. The summed E-state index contributed by atoms with van der Waals surface area (Å²) in [6, 6.07) is -0.882. The van der Waals surface area contributed by atoms with Gasteiger partial charge >= 0.3 is 0 Å². The summed E-state index contributed by atoms with van der Waals surface area (Å²) in [6.45, 7) is 3.32. The lowest BCUT2D eigenvalue weighted by molar-refractivity contribution is -0.136. The van der Waals surface area contributed by atoms with Gasteiger partial charge in [-0.25, -0.2) is 8.42 Å². The van der Waals surface area contributed by atoms with E-state index in [2.05, 4.69) is 14.9 Å². The van der Waals surface area contributed by atoms with Gasteiger partial charge in [0, 0.05) is 13.1 Å². The van der Waals surface area contributed by atoms with Crippen LogP contribution in [0.3, 0.4) is 0 Å². The SMILES string of the molecule is CC(NS(=O)(=O)c1cn[nH]c1N)C(=O)N1CCOCC1. The van der Waals surface area contributed by atoms with E-state index >= 15 is 0 Å². The van der Waals surface area contributed by atoms with Gasteiger partial charge in [-0.05, 0) is 6.92 Å². The summed E-state index contributed by atoms with van der Waals surface area (Å²) in [5.41, 5.74) is 5.47. The number of nitrogens with two attached hydrogens (primary N) is 1. The minimum Gasteiger partial charge on any atom is -0.383 e. The molecule has 1 aliphatic heterocycles. The van der Waals surface area contributed by atoms with E-state index < -0.39 is 16.1 Å². The van der Waals surface area contributed by atoms with Crippen LogP contribution in [-0.2, 0) is 19.6 Å². The number of ether oxygens (including phenoxy) is 1. The fraction of sp³-hybridized carbons (Fsp3) is 0.600. The Balaban J connectivity index is 2.05. The standard InChI is InChI=1S/C10H17N5O4S/c1-7(10(16)15-2-4-19-5-3-15)14-20(17,18)8-6-12-13-9(8)11/h6-7,14H,2-5H2,1H3,(H3,11,12,13). The third-order valence-electron chi connectivity index (χ3n) is 2.95. The van der Waals surface area contributed by atoms with Gasteiger partial charge in [0.2, 0.25) is 15.9 Å². The first-order chi connectivity index (χ1) is 9.42. The van der Waals surface area contributed by atoms with E-state index in [1.165, 1.54) is 6.92 Å². The number of anilines is 1. The largest absolute Gasteiger partial charge is 0.383 e. The zero-order valence-electron chi connectivity index (χ0n) is 11.0. The first-order valence-electron chi connectivity index (χ1n) is 6.09. The van der Waals surface area contributed by atoms with Crippen LogP contribution in [0.25, 0.3) is 0 Å². The van der Waals surface area contributed by atoms with Gasteiger partial charge in [0.1, 0.15) is 10.7 Å². The van der Waals surface area contributed by atoms with Crippen LogP contribution >= 0.6 is 0 Å². The number of carbonyl (C=O) groups excluding carboxylic acids is 1. The van der Waals surface area contributed by atoms with Crippen molar-refractivity contribution in [2.45, 2.75) is 17.9 Å². The number of aromatic amines is 1. The second kappa shape index (κ2) is 5.77. The van der Waals surface area contributed by atoms with Crippen LogP contribution in [0, 0.1) is 0 Å². The van der Waals surface area contributed by atoms with Crippen LogP contribution in [0.5, 0.6) is 0 Å². The molecule has 2 rings (SSSR count). The molecule has 0 aromatic carbocycles. The van der Waals surface area contributed by atoms with Crippen LogP contribution < -0.4 is 10.5 Å². The van der Waals surface area contributed by atoms with Crippen LogP contribution in [0.4, 0.5) is 5.82 Å². The number of nitrogen functional groups attached to an aromatic ring is 1. The van der Waals surface area contributed by atoms with Crippen molar-refractivity contribution in [3.05, 3.63) is 6.20 Å². The van der Waals surface area contributed by atoms with Crippen molar-refractivity contribution >= 4 is 21.7 Å². The highest BCUT2D eigenvalue weighted by molar-refractivity contribution is 7.89. The van der Waals surface area contributed by atoms with Crippen LogP contribution in [-0.4, -0.2) is 61.8 Å². The van der Waals surface area contributed by atoms with E-state index in [4.69, 9.17) is 10.5 Å². The van der Waals surface area contributed by atoms with Crippen LogP contribution in [0.15, 0.2) is 11.1 Å². The third kappa shape index (κ3) is 3.08. The Morgan fingerprint density at radius 1 is 1.55 bits per heavy atom. The number of carbonyl (C=O) groups is 1. The average molecular weight is 303 g/mol. The molecule has 0 saturated carbocycles.